The number of carboxylic acid groups (broad SMARTS) is 1. The van der Waals surface area contributed by atoms with Crippen LogP contribution in [-0.2, 0) is 4.74 Å². The molecule has 3 aromatic carbocycles. The van der Waals surface area contributed by atoms with E-state index in [1.165, 1.54) is 12.1 Å². The second kappa shape index (κ2) is 6.85. The molecule has 0 aromatic heterocycles. The molecule has 0 atom stereocenters. The molecular formula is C23H19NO4. The largest absolute Gasteiger partial charge is 0.478 e. The summed E-state index contributed by atoms with van der Waals surface area (Å²) in [5, 5.41) is 9.42. The van der Waals surface area contributed by atoms with Crippen LogP contribution in [0.2, 0.25) is 0 Å². The lowest BCUT2D eigenvalue weighted by Crippen LogP contribution is -2.17. The third-order valence-electron chi connectivity index (χ3n) is 5.29. The summed E-state index contributed by atoms with van der Waals surface area (Å²) in [5.74, 6) is -1.96. The van der Waals surface area contributed by atoms with Crippen LogP contribution < -0.4 is 5.73 Å². The molecule has 0 unspecified atom stereocenters. The predicted molar refractivity (Wildman–Crippen MR) is 107 cm³/mol. The summed E-state index contributed by atoms with van der Waals surface area (Å²) in [4.78, 5) is 24.3. The molecule has 140 valence electrons. The molecule has 0 saturated carbocycles. The van der Waals surface area contributed by atoms with Crippen LogP contribution in [0, 0.1) is 6.92 Å². The number of hydrogen-bond donors (Lipinski definition) is 2. The summed E-state index contributed by atoms with van der Waals surface area (Å²) in [6, 6.07) is 18.9. The van der Waals surface area contributed by atoms with Crippen molar-refractivity contribution in [3.8, 4) is 11.1 Å². The average molecular weight is 373 g/mol. The van der Waals surface area contributed by atoms with Crippen molar-refractivity contribution < 1.29 is 19.4 Å². The van der Waals surface area contributed by atoms with Gasteiger partial charge in [0, 0.05) is 11.6 Å². The lowest BCUT2D eigenvalue weighted by Gasteiger charge is -2.16. The second-order valence-electron chi connectivity index (χ2n) is 6.83. The van der Waals surface area contributed by atoms with E-state index in [-0.39, 0.29) is 23.7 Å². The minimum absolute atomic E-state index is 0.00654. The molecule has 1 aliphatic carbocycles. The molecule has 0 radical (unpaired) electrons. The van der Waals surface area contributed by atoms with Crippen molar-refractivity contribution in [2.24, 2.45) is 0 Å². The zero-order chi connectivity index (χ0) is 19.8. The highest BCUT2D eigenvalue weighted by molar-refractivity contribution is 6.04. The normalized spacial score (nSPS) is 12.3. The van der Waals surface area contributed by atoms with Crippen LogP contribution in [0.5, 0.6) is 0 Å². The first-order valence-corrected chi connectivity index (χ1v) is 8.96. The fourth-order valence-corrected chi connectivity index (χ4v) is 3.84. The first kappa shape index (κ1) is 17.8. The van der Waals surface area contributed by atoms with E-state index in [2.05, 4.69) is 12.1 Å². The molecule has 3 N–H and O–H groups in total. The highest BCUT2D eigenvalue weighted by Gasteiger charge is 2.30. The van der Waals surface area contributed by atoms with E-state index in [0.29, 0.717) is 11.3 Å². The molecule has 4 rings (SSSR count). The Hall–Kier alpha value is -3.60. The topological polar surface area (TPSA) is 89.6 Å². The number of fused-ring (bicyclic) bond motifs is 3. The van der Waals surface area contributed by atoms with Gasteiger partial charge in [0.25, 0.3) is 0 Å². The second-order valence-corrected chi connectivity index (χ2v) is 6.83. The lowest BCUT2D eigenvalue weighted by atomic mass is 9.97. The summed E-state index contributed by atoms with van der Waals surface area (Å²) < 4.78 is 5.59. The number of carbonyl (C=O) groups excluding carboxylic acids is 1. The summed E-state index contributed by atoms with van der Waals surface area (Å²) in [6.07, 6.45) is 0. The number of anilines is 1. The Morgan fingerprint density at radius 3 is 2.11 bits per heavy atom. The smallest absolute Gasteiger partial charge is 0.339 e. The van der Waals surface area contributed by atoms with Crippen LogP contribution >= 0.6 is 0 Å². The van der Waals surface area contributed by atoms with Crippen LogP contribution in [0.3, 0.4) is 0 Å². The SMILES string of the molecule is Cc1c(N)ccc(C(=O)O)c1C(=O)OCC1c2ccccc2-c2ccccc21. The van der Waals surface area contributed by atoms with E-state index >= 15 is 0 Å². The van der Waals surface area contributed by atoms with E-state index in [1.807, 2.05) is 36.4 Å². The molecule has 0 spiro atoms. The zero-order valence-corrected chi connectivity index (χ0v) is 15.3. The quantitative estimate of drug-likeness (QED) is 0.527. The van der Waals surface area contributed by atoms with Crippen molar-refractivity contribution in [2.75, 3.05) is 12.3 Å². The van der Waals surface area contributed by atoms with Gasteiger partial charge in [-0.15, -0.1) is 0 Å². The summed E-state index contributed by atoms with van der Waals surface area (Å²) in [5.41, 5.74) is 11.0. The van der Waals surface area contributed by atoms with Crippen LogP contribution in [0.1, 0.15) is 43.3 Å². The Morgan fingerprint density at radius 2 is 1.54 bits per heavy atom. The molecule has 0 fully saturated rings. The van der Waals surface area contributed by atoms with Crippen molar-refractivity contribution >= 4 is 17.6 Å². The van der Waals surface area contributed by atoms with E-state index < -0.39 is 11.9 Å². The monoisotopic (exact) mass is 373 g/mol. The maximum Gasteiger partial charge on any atom is 0.339 e. The van der Waals surface area contributed by atoms with Crippen LogP contribution in [-0.4, -0.2) is 23.7 Å². The Labute approximate surface area is 162 Å². The van der Waals surface area contributed by atoms with Crippen molar-refractivity contribution in [3.63, 3.8) is 0 Å². The first-order chi connectivity index (χ1) is 13.5. The third-order valence-corrected chi connectivity index (χ3v) is 5.29. The maximum absolute atomic E-state index is 12.8. The van der Waals surface area contributed by atoms with Gasteiger partial charge in [-0.25, -0.2) is 9.59 Å². The van der Waals surface area contributed by atoms with Crippen molar-refractivity contribution in [2.45, 2.75) is 12.8 Å². The Morgan fingerprint density at radius 1 is 0.964 bits per heavy atom. The third kappa shape index (κ3) is 2.81. The van der Waals surface area contributed by atoms with Crippen molar-refractivity contribution in [1.29, 1.82) is 0 Å². The number of carbonyl (C=O) groups is 2. The van der Waals surface area contributed by atoms with Gasteiger partial charge in [-0.1, -0.05) is 48.5 Å². The molecule has 0 aliphatic heterocycles. The van der Waals surface area contributed by atoms with Gasteiger partial charge in [-0.3, -0.25) is 0 Å². The number of ether oxygens (including phenoxy) is 1. The highest BCUT2D eigenvalue weighted by atomic mass is 16.5. The molecule has 3 aromatic rings. The Balaban J connectivity index is 1.65. The van der Waals surface area contributed by atoms with Gasteiger partial charge in [0.05, 0.1) is 11.1 Å². The minimum Gasteiger partial charge on any atom is -0.478 e. The number of aromatic carboxylic acids is 1. The number of nitrogens with two attached hydrogens (primary N) is 1. The maximum atomic E-state index is 12.8. The molecule has 0 bridgehead atoms. The fraction of sp³-hybridized carbons (Fsp3) is 0.130. The van der Waals surface area contributed by atoms with Gasteiger partial charge in [-0.05, 0) is 46.9 Å². The molecule has 0 amide bonds. The van der Waals surface area contributed by atoms with E-state index in [4.69, 9.17) is 10.5 Å². The van der Waals surface area contributed by atoms with E-state index in [1.54, 1.807) is 6.92 Å². The van der Waals surface area contributed by atoms with Crippen molar-refractivity contribution in [3.05, 3.63) is 88.5 Å². The molecule has 1 aliphatic rings. The standard InChI is InChI=1S/C23H19NO4/c1-13-20(24)11-10-18(22(25)26)21(13)23(27)28-12-19-16-8-4-2-6-14(16)15-7-3-5-9-17(15)19/h2-11,19H,12,24H2,1H3,(H,25,26). The lowest BCUT2D eigenvalue weighted by molar-refractivity contribution is 0.0482. The average Bonchev–Trinajstić information content (AvgIpc) is 3.02. The first-order valence-electron chi connectivity index (χ1n) is 8.96. The van der Waals surface area contributed by atoms with Gasteiger partial charge >= 0.3 is 11.9 Å². The predicted octanol–water partition coefficient (Wildman–Crippen LogP) is 4.24. The van der Waals surface area contributed by atoms with E-state index in [0.717, 1.165) is 22.3 Å². The minimum atomic E-state index is -1.19. The number of esters is 1. The van der Waals surface area contributed by atoms with Gasteiger partial charge in [0.2, 0.25) is 0 Å². The van der Waals surface area contributed by atoms with Gasteiger partial charge in [-0.2, -0.15) is 0 Å². The molecule has 0 heterocycles. The van der Waals surface area contributed by atoms with Gasteiger partial charge < -0.3 is 15.6 Å². The van der Waals surface area contributed by atoms with E-state index in [9.17, 15) is 14.7 Å². The molecule has 5 heteroatoms. The molecule has 0 saturated heterocycles. The van der Waals surface area contributed by atoms with Crippen molar-refractivity contribution in [1.82, 2.24) is 0 Å². The number of hydrogen-bond acceptors (Lipinski definition) is 4. The zero-order valence-electron chi connectivity index (χ0n) is 15.3. The highest BCUT2D eigenvalue weighted by Crippen LogP contribution is 2.44. The van der Waals surface area contributed by atoms with Gasteiger partial charge in [0.15, 0.2) is 0 Å². The summed E-state index contributed by atoms with van der Waals surface area (Å²) in [7, 11) is 0. The number of rotatable bonds is 4. The Bertz CT molecular complexity index is 1060. The molecule has 28 heavy (non-hydrogen) atoms. The fourth-order valence-electron chi connectivity index (χ4n) is 3.84. The number of benzene rings is 3. The van der Waals surface area contributed by atoms with Gasteiger partial charge in [0.1, 0.15) is 6.61 Å². The molecule has 5 nitrogen and oxygen atoms in total. The molecular weight excluding hydrogens is 354 g/mol. The number of nitrogen functional groups attached to an aromatic ring is 1. The van der Waals surface area contributed by atoms with Crippen LogP contribution in [0.25, 0.3) is 11.1 Å². The summed E-state index contributed by atoms with van der Waals surface area (Å²) in [6.45, 7) is 1.75. The Kier molecular flexibility index (Phi) is 4.35. The van der Waals surface area contributed by atoms with Crippen LogP contribution in [0.15, 0.2) is 60.7 Å². The number of carboxylic acids is 1. The summed E-state index contributed by atoms with van der Waals surface area (Å²) >= 11 is 0. The van der Waals surface area contributed by atoms with Crippen LogP contribution in [0.4, 0.5) is 5.69 Å².